The number of nitrogens with two attached hydrogens (primary N) is 1. The summed E-state index contributed by atoms with van der Waals surface area (Å²) in [5, 5.41) is 0. The van der Waals surface area contributed by atoms with Crippen LogP contribution in [0.3, 0.4) is 0 Å². The lowest BCUT2D eigenvalue weighted by molar-refractivity contribution is 0.0998. The first-order valence-electron chi connectivity index (χ1n) is 5.70. The summed E-state index contributed by atoms with van der Waals surface area (Å²) in [5.41, 5.74) is 6.52. The van der Waals surface area contributed by atoms with Gasteiger partial charge in [0.1, 0.15) is 0 Å². The molecule has 1 aromatic heterocycles. The molecule has 1 heterocycles. The van der Waals surface area contributed by atoms with E-state index in [1.807, 2.05) is 0 Å². The zero-order valence-electron chi connectivity index (χ0n) is 10.2. The smallest absolute Gasteiger partial charge is 0.250 e. The number of pyridine rings is 1. The van der Waals surface area contributed by atoms with Gasteiger partial charge in [0.15, 0.2) is 11.6 Å². The van der Waals surface area contributed by atoms with Crippen molar-refractivity contribution in [1.29, 1.82) is 0 Å². The number of primary amides is 1. The third-order valence-corrected chi connectivity index (χ3v) is 2.96. The third kappa shape index (κ3) is 2.59. The van der Waals surface area contributed by atoms with Gasteiger partial charge < -0.3 is 5.73 Å². The zero-order chi connectivity index (χ0) is 14.0. The number of carbonyl (C=O) groups is 1. The average molecular weight is 262 g/mol. The summed E-state index contributed by atoms with van der Waals surface area (Å²) in [5.74, 6) is -2.80. The maximum atomic E-state index is 13.2. The molecular weight excluding hydrogens is 250 g/mol. The lowest BCUT2D eigenvalue weighted by atomic mass is 9.93. The highest BCUT2D eigenvalue weighted by Gasteiger charge is 2.18. The normalized spacial score (nSPS) is 12.2. The van der Waals surface area contributed by atoms with Crippen molar-refractivity contribution in [2.75, 3.05) is 0 Å². The molecule has 1 aromatic carbocycles. The lowest BCUT2D eigenvalue weighted by Crippen LogP contribution is -2.16. The highest BCUT2D eigenvalue weighted by atomic mass is 19.2. The summed E-state index contributed by atoms with van der Waals surface area (Å²) in [6.45, 7) is 1.75. The molecule has 98 valence electrons. The van der Waals surface area contributed by atoms with Gasteiger partial charge >= 0.3 is 0 Å². The first-order valence-corrected chi connectivity index (χ1v) is 5.70. The molecule has 0 saturated heterocycles. The fourth-order valence-electron chi connectivity index (χ4n) is 1.91. The van der Waals surface area contributed by atoms with E-state index in [-0.39, 0.29) is 11.5 Å². The minimum absolute atomic E-state index is 0.278. The second-order valence-corrected chi connectivity index (χ2v) is 4.20. The molecule has 3 nitrogen and oxygen atoms in total. The molecule has 2 aromatic rings. The highest BCUT2D eigenvalue weighted by Crippen LogP contribution is 2.26. The van der Waals surface area contributed by atoms with Gasteiger partial charge in [0.05, 0.1) is 11.3 Å². The number of hydrogen-bond donors (Lipinski definition) is 1. The fraction of sp³-hybridized carbons (Fsp3) is 0.143. The van der Waals surface area contributed by atoms with Gasteiger partial charge in [-0.2, -0.15) is 0 Å². The summed E-state index contributed by atoms with van der Waals surface area (Å²) in [7, 11) is 0. The van der Waals surface area contributed by atoms with Crippen LogP contribution in [0.4, 0.5) is 8.78 Å². The van der Waals surface area contributed by atoms with E-state index in [2.05, 4.69) is 4.98 Å². The summed E-state index contributed by atoms with van der Waals surface area (Å²) < 4.78 is 26.1. The molecule has 1 atom stereocenters. The Balaban J connectivity index is 2.46. The highest BCUT2D eigenvalue weighted by molar-refractivity contribution is 5.94. The molecule has 0 saturated carbocycles. The minimum atomic E-state index is -0.930. The average Bonchev–Trinajstić information content (AvgIpc) is 2.41. The standard InChI is InChI=1S/C14H12F2N2O/c1-8(9-4-5-11(15)12(16)7-9)13-10(14(17)19)3-2-6-18-13/h2-8H,1H3,(H2,17,19)/t8-/m0/s1. The first kappa shape index (κ1) is 13.1. The van der Waals surface area contributed by atoms with Crippen molar-refractivity contribution in [1.82, 2.24) is 4.98 Å². The largest absolute Gasteiger partial charge is 0.366 e. The molecule has 0 spiro atoms. The Hall–Kier alpha value is -2.30. The molecule has 19 heavy (non-hydrogen) atoms. The lowest BCUT2D eigenvalue weighted by Gasteiger charge is -2.14. The molecule has 0 aliphatic heterocycles. The predicted octanol–water partition coefficient (Wildman–Crippen LogP) is 2.61. The Morgan fingerprint density at radius 3 is 2.63 bits per heavy atom. The number of benzene rings is 1. The Bertz CT molecular complexity index is 629. The van der Waals surface area contributed by atoms with Crippen LogP contribution in [0.5, 0.6) is 0 Å². The molecule has 0 unspecified atom stereocenters. The van der Waals surface area contributed by atoms with E-state index < -0.39 is 17.5 Å². The molecule has 0 aliphatic rings. The van der Waals surface area contributed by atoms with Crippen LogP contribution >= 0.6 is 0 Å². The number of carbonyl (C=O) groups excluding carboxylic acids is 1. The van der Waals surface area contributed by atoms with E-state index in [1.54, 1.807) is 19.1 Å². The van der Waals surface area contributed by atoms with Crippen LogP contribution in [0.1, 0.15) is 34.5 Å². The number of hydrogen-bond acceptors (Lipinski definition) is 2. The summed E-state index contributed by atoms with van der Waals surface area (Å²) in [6, 6.07) is 6.76. The molecule has 5 heteroatoms. The molecule has 0 bridgehead atoms. The Labute approximate surface area is 109 Å². The van der Waals surface area contributed by atoms with Gasteiger partial charge in [-0.1, -0.05) is 13.0 Å². The van der Waals surface area contributed by atoms with Gasteiger partial charge in [-0.05, 0) is 29.8 Å². The van der Waals surface area contributed by atoms with Crippen LogP contribution in [0, 0.1) is 11.6 Å². The zero-order valence-corrected chi connectivity index (χ0v) is 10.2. The summed E-state index contributed by atoms with van der Waals surface area (Å²) in [4.78, 5) is 15.4. The minimum Gasteiger partial charge on any atom is -0.366 e. The first-order chi connectivity index (χ1) is 9.00. The van der Waals surface area contributed by atoms with Crippen LogP contribution in [0.2, 0.25) is 0 Å². The molecular formula is C14H12F2N2O. The second-order valence-electron chi connectivity index (χ2n) is 4.20. The summed E-state index contributed by atoms with van der Waals surface area (Å²) in [6.07, 6.45) is 1.53. The van der Waals surface area contributed by atoms with Gasteiger partial charge in [-0.15, -0.1) is 0 Å². The number of rotatable bonds is 3. The monoisotopic (exact) mass is 262 g/mol. The number of nitrogens with zero attached hydrogens (tertiary/aromatic N) is 1. The van der Waals surface area contributed by atoms with Crippen LogP contribution in [-0.2, 0) is 0 Å². The second kappa shape index (κ2) is 5.14. The van der Waals surface area contributed by atoms with Crippen molar-refractivity contribution in [2.24, 2.45) is 5.73 Å². The van der Waals surface area contributed by atoms with Crippen LogP contribution in [0.15, 0.2) is 36.5 Å². The molecule has 2 N–H and O–H groups in total. The van der Waals surface area contributed by atoms with Gasteiger partial charge in [0.2, 0.25) is 0 Å². The van der Waals surface area contributed by atoms with E-state index in [0.29, 0.717) is 11.3 Å². The van der Waals surface area contributed by atoms with E-state index >= 15 is 0 Å². The molecule has 0 radical (unpaired) electrons. The van der Waals surface area contributed by atoms with Gasteiger partial charge in [0, 0.05) is 12.1 Å². The fourth-order valence-corrected chi connectivity index (χ4v) is 1.91. The van der Waals surface area contributed by atoms with Crippen LogP contribution < -0.4 is 5.73 Å². The van der Waals surface area contributed by atoms with Crippen molar-refractivity contribution in [3.63, 3.8) is 0 Å². The number of aromatic nitrogens is 1. The van der Waals surface area contributed by atoms with Crippen LogP contribution in [0.25, 0.3) is 0 Å². The predicted molar refractivity (Wildman–Crippen MR) is 66.6 cm³/mol. The van der Waals surface area contributed by atoms with Crippen molar-refractivity contribution in [3.8, 4) is 0 Å². The van der Waals surface area contributed by atoms with Gasteiger partial charge in [0.25, 0.3) is 5.91 Å². The maximum absolute atomic E-state index is 13.2. The van der Waals surface area contributed by atoms with E-state index in [0.717, 1.165) is 12.1 Å². The topological polar surface area (TPSA) is 56.0 Å². The number of amides is 1. The van der Waals surface area contributed by atoms with Crippen molar-refractivity contribution in [2.45, 2.75) is 12.8 Å². The van der Waals surface area contributed by atoms with Crippen LogP contribution in [-0.4, -0.2) is 10.9 Å². The number of halogens is 2. The maximum Gasteiger partial charge on any atom is 0.250 e. The third-order valence-electron chi connectivity index (χ3n) is 2.96. The van der Waals surface area contributed by atoms with E-state index in [9.17, 15) is 13.6 Å². The molecule has 0 fully saturated rings. The molecule has 2 rings (SSSR count). The Morgan fingerprint density at radius 1 is 1.26 bits per heavy atom. The molecule has 0 aliphatic carbocycles. The van der Waals surface area contributed by atoms with Gasteiger partial charge in [-0.25, -0.2) is 8.78 Å². The molecule has 1 amide bonds. The van der Waals surface area contributed by atoms with E-state index in [1.165, 1.54) is 12.3 Å². The van der Waals surface area contributed by atoms with Crippen molar-refractivity contribution in [3.05, 3.63) is 65.0 Å². The Morgan fingerprint density at radius 2 is 2.00 bits per heavy atom. The summed E-state index contributed by atoms with van der Waals surface area (Å²) >= 11 is 0. The Kier molecular flexibility index (Phi) is 3.55. The van der Waals surface area contributed by atoms with Crippen molar-refractivity contribution >= 4 is 5.91 Å². The quantitative estimate of drug-likeness (QED) is 0.924. The SMILES string of the molecule is C[C@@H](c1ccc(F)c(F)c1)c1ncccc1C(N)=O. The van der Waals surface area contributed by atoms with E-state index in [4.69, 9.17) is 5.73 Å². The van der Waals surface area contributed by atoms with Crippen molar-refractivity contribution < 1.29 is 13.6 Å². The van der Waals surface area contributed by atoms with Gasteiger partial charge in [-0.3, -0.25) is 9.78 Å².